The molecule has 18 heavy (non-hydrogen) atoms. The average Bonchev–Trinajstić information content (AvgIpc) is 2.28. The van der Waals surface area contributed by atoms with Gasteiger partial charge in [-0.25, -0.2) is 0 Å². The van der Waals surface area contributed by atoms with Gasteiger partial charge in [-0.3, -0.25) is 9.78 Å². The van der Waals surface area contributed by atoms with Gasteiger partial charge < -0.3 is 5.32 Å². The maximum atomic E-state index is 12.3. The number of nitriles is 1. The number of carbonyl (C=O) groups excluding carboxylic acids is 1. The number of carbonyl (C=O) groups is 1. The maximum Gasteiger partial charge on any atom is 0.417 e. The third-order valence-electron chi connectivity index (χ3n) is 2.10. The number of hydrogen-bond donors (Lipinski definition) is 1. The Morgan fingerprint density at radius 1 is 1.56 bits per heavy atom. The summed E-state index contributed by atoms with van der Waals surface area (Å²) in [5.41, 5.74) is -1.03. The summed E-state index contributed by atoms with van der Waals surface area (Å²) >= 11 is 0. The topological polar surface area (TPSA) is 65.8 Å². The molecule has 0 spiro atoms. The fraction of sp³-hybridized carbons (Fsp3) is 0.364. The van der Waals surface area contributed by atoms with Crippen LogP contribution in [0.4, 0.5) is 13.2 Å². The number of nitrogens with one attached hydrogen (secondary N) is 1. The molecule has 1 atom stereocenters. The fourth-order valence-corrected chi connectivity index (χ4v) is 1.18. The minimum Gasteiger partial charge on any atom is -0.347 e. The van der Waals surface area contributed by atoms with Crippen molar-refractivity contribution in [3.8, 4) is 6.07 Å². The molecule has 0 radical (unpaired) electrons. The third kappa shape index (κ3) is 3.73. The lowest BCUT2D eigenvalue weighted by Gasteiger charge is -2.10. The van der Waals surface area contributed by atoms with E-state index in [1.54, 1.807) is 6.92 Å². The summed E-state index contributed by atoms with van der Waals surface area (Å²) in [4.78, 5) is 15.0. The molecule has 4 nitrogen and oxygen atoms in total. The summed E-state index contributed by atoms with van der Waals surface area (Å²) in [6.45, 7) is 1.62. The van der Waals surface area contributed by atoms with Gasteiger partial charge in [0.25, 0.3) is 5.91 Å². The largest absolute Gasteiger partial charge is 0.417 e. The van der Waals surface area contributed by atoms with E-state index in [9.17, 15) is 18.0 Å². The second-order valence-corrected chi connectivity index (χ2v) is 3.67. The number of nitrogens with zero attached hydrogens (tertiary/aromatic N) is 2. The standard InChI is InChI=1S/C11H10F3N3O/c1-7(4-5-15)17-10(18)9-3-2-8(6-16-9)11(12,13)14/h2-3,6-7H,4H2,1H3,(H,17,18). The van der Waals surface area contributed by atoms with Crippen LogP contribution < -0.4 is 5.32 Å². The highest BCUT2D eigenvalue weighted by Crippen LogP contribution is 2.28. The Morgan fingerprint density at radius 3 is 2.67 bits per heavy atom. The number of rotatable bonds is 3. The van der Waals surface area contributed by atoms with Gasteiger partial charge in [-0.1, -0.05) is 0 Å². The molecule has 1 N–H and O–H groups in total. The van der Waals surface area contributed by atoms with E-state index in [0.29, 0.717) is 6.20 Å². The predicted molar refractivity (Wildman–Crippen MR) is 56.4 cm³/mol. The van der Waals surface area contributed by atoms with Crippen LogP contribution in [0.1, 0.15) is 29.4 Å². The van der Waals surface area contributed by atoms with Crippen LogP contribution in [-0.2, 0) is 6.18 Å². The summed E-state index contributed by atoms with van der Waals surface area (Å²) in [6.07, 6.45) is -3.76. The van der Waals surface area contributed by atoms with Gasteiger partial charge in [-0.2, -0.15) is 18.4 Å². The van der Waals surface area contributed by atoms with E-state index >= 15 is 0 Å². The molecule has 0 aromatic carbocycles. The van der Waals surface area contributed by atoms with Crippen molar-refractivity contribution in [2.45, 2.75) is 25.6 Å². The van der Waals surface area contributed by atoms with Crippen molar-refractivity contribution in [2.75, 3.05) is 0 Å². The Morgan fingerprint density at radius 2 is 2.22 bits per heavy atom. The molecule has 0 bridgehead atoms. The molecule has 0 aliphatic carbocycles. The van der Waals surface area contributed by atoms with Crippen LogP contribution in [0.25, 0.3) is 0 Å². The highest BCUT2D eigenvalue weighted by Gasteiger charge is 2.30. The van der Waals surface area contributed by atoms with Crippen molar-refractivity contribution in [3.05, 3.63) is 29.6 Å². The smallest absolute Gasteiger partial charge is 0.347 e. The van der Waals surface area contributed by atoms with Crippen molar-refractivity contribution >= 4 is 5.91 Å². The number of aromatic nitrogens is 1. The highest BCUT2D eigenvalue weighted by molar-refractivity contribution is 5.92. The van der Waals surface area contributed by atoms with Crippen molar-refractivity contribution in [2.24, 2.45) is 0 Å². The zero-order valence-corrected chi connectivity index (χ0v) is 9.45. The van der Waals surface area contributed by atoms with E-state index in [4.69, 9.17) is 5.26 Å². The van der Waals surface area contributed by atoms with Crippen LogP contribution in [0.2, 0.25) is 0 Å². The fourth-order valence-electron chi connectivity index (χ4n) is 1.18. The SMILES string of the molecule is CC(CC#N)NC(=O)c1ccc(C(F)(F)F)cn1. The van der Waals surface area contributed by atoms with Crippen molar-refractivity contribution in [1.82, 2.24) is 10.3 Å². The number of halogens is 3. The van der Waals surface area contributed by atoms with Gasteiger partial charge in [-0.15, -0.1) is 0 Å². The molecule has 1 heterocycles. The Bertz CT molecular complexity index is 462. The normalized spacial score (nSPS) is 12.6. The molecular formula is C11H10F3N3O. The van der Waals surface area contributed by atoms with Crippen molar-refractivity contribution in [1.29, 1.82) is 5.26 Å². The Labute approximate surface area is 101 Å². The summed E-state index contributed by atoms with van der Waals surface area (Å²) in [6, 6.07) is 3.27. The molecule has 96 valence electrons. The zero-order valence-electron chi connectivity index (χ0n) is 9.45. The molecule has 0 aliphatic rings. The van der Waals surface area contributed by atoms with Crippen LogP contribution in [-0.4, -0.2) is 16.9 Å². The molecule has 1 unspecified atom stereocenters. The van der Waals surface area contributed by atoms with Crippen molar-refractivity contribution in [3.63, 3.8) is 0 Å². The molecular weight excluding hydrogens is 247 g/mol. The van der Waals surface area contributed by atoms with Crippen LogP contribution in [0.15, 0.2) is 18.3 Å². The first kappa shape index (κ1) is 14.0. The second-order valence-electron chi connectivity index (χ2n) is 3.67. The summed E-state index contributed by atoms with van der Waals surface area (Å²) < 4.78 is 36.8. The molecule has 1 aromatic heterocycles. The van der Waals surface area contributed by atoms with Crippen LogP contribution in [0, 0.1) is 11.3 Å². The lowest BCUT2D eigenvalue weighted by atomic mass is 10.2. The average molecular weight is 257 g/mol. The molecule has 0 fully saturated rings. The van der Waals surface area contributed by atoms with Gasteiger partial charge in [0.1, 0.15) is 5.69 Å². The zero-order chi connectivity index (χ0) is 13.8. The van der Waals surface area contributed by atoms with E-state index in [-0.39, 0.29) is 18.2 Å². The lowest BCUT2D eigenvalue weighted by Crippen LogP contribution is -2.32. The van der Waals surface area contributed by atoms with Crippen LogP contribution in [0.5, 0.6) is 0 Å². The van der Waals surface area contributed by atoms with Crippen LogP contribution in [0.3, 0.4) is 0 Å². The molecule has 0 saturated carbocycles. The van der Waals surface area contributed by atoms with Crippen molar-refractivity contribution < 1.29 is 18.0 Å². The first-order valence-corrected chi connectivity index (χ1v) is 5.05. The maximum absolute atomic E-state index is 12.3. The third-order valence-corrected chi connectivity index (χ3v) is 2.10. The highest BCUT2D eigenvalue weighted by atomic mass is 19.4. The van der Waals surface area contributed by atoms with E-state index in [1.807, 2.05) is 6.07 Å². The number of alkyl halides is 3. The second kappa shape index (κ2) is 5.49. The molecule has 1 amide bonds. The molecule has 0 saturated heterocycles. The quantitative estimate of drug-likeness (QED) is 0.902. The van der Waals surface area contributed by atoms with Gasteiger partial charge >= 0.3 is 6.18 Å². The number of amides is 1. The molecule has 1 aromatic rings. The lowest BCUT2D eigenvalue weighted by molar-refractivity contribution is -0.137. The Kier molecular flexibility index (Phi) is 4.26. The summed E-state index contributed by atoms with van der Waals surface area (Å²) in [5.74, 6) is -0.605. The molecule has 0 aliphatic heterocycles. The van der Waals surface area contributed by atoms with Gasteiger partial charge in [0.15, 0.2) is 0 Å². The summed E-state index contributed by atoms with van der Waals surface area (Å²) in [7, 11) is 0. The van der Waals surface area contributed by atoms with Crippen LogP contribution >= 0.6 is 0 Å². The summed E-state index contributed by atoms with van der Waals surface area (Å²) in [5, 5.41) is 10.9. The molecule has 1 rings (SSSR count). The minimum absolute atomic E-state index is 0.117. The first-order valence-electron chi connectivity index (χ1n) is 5.05. The van der Waals surface area contributed by atoms with E-state index in [0.717, 1.165) is 12.1 Å². The number of pyridine rings is 1. The molecule has 7 heteroatoms. The first-order chi connectivity index (χ1) is 8.34. The van der Waals surface area contributed by atoms with Gasteiger partial charge in [0.05, 0.1) is 18.1 Å². The number of hydrogen-bond acceptors (Lipinski definition) is 3. The van der Waals surface area contributed by atoms with E-state index < -0.39 is 17.6 Å². The minimum atomic E-state index is -4.48. The van der Waals surface area contributed by atoms with Gasteiger partial charge in [-0.05, 0) is 19.1 Å². The van der Waals surface area contributed by atoms with E-state index in [1.165, 1.54) is 0 Å². The van der Waals surface area contributed by atoms with Gasteiger partial charge in [0, 0.05) is 12.2 Å². The monoisotopic (exact) mass is 257 g/mol. The Balaban J connectivity index is 2.74. The predicted octanol–water partition coefficient (Wildman–Crippen LogP) is 2.13. The van der Waals surface area contributed by atoms with Gasteiger partial charge in [0.2, 0.25) is 0 Å². The van der Waals surface area contributed by atoms with E-state index in [2.05, 4.69) is 10.3 Å². The Hall–Kier alpha value is -2.10.